The lowest BCUT2D eigenvalue weighted by Crippen LogP contribution is -2.22. The van der Waals surface area contributed by atoms with Crippen molar-refractivity contribution in [2.75, 3.05) is 13.2 Å². The molecular weight excluding hydrogens is 226 g/mol. The maximum atomic E-state index is 5.61. The topological polar surface area (TPSA) is 73.6 Å². The average molecular weight is 249 g/mol. The molecule has 0 aliphatic heterocycles. The molecule has 4 N–H and O–H groups in total. The molecule has 0 bridgehead atoms. The van der Waals surface area contributed by atoms with Gasteiger partial charge in [-0.1, -0.05) is 37.5 Å². The number of nitrogens with two attached hydrogens (primary N) is 2. The van der Waals surface area contributed by atoms with Crippen molar-refractivity contribution in [1.29, 1.82) is 0 Å². The van der Waals surface area contributed by atoms with Crippen molar-refractivity contribution < 1.29 is 4.74 Å². The molecule has 0 unspecified atom stereocenters. The normalized spacial score (nSPS) is 10.0. The molecule has 0 fully saturated rings. The second-order valence-corrected chi connectivity index (χ2v) is 4.24. The number of rotatable bonds is 9. The lowest BCUT2D eigenvalue weighted by Gasteiger charge is -2.05. The van der Waals surface area contributed by atoms with Crippen LogP contribution in [0.15, 0.2) is 35.3 Å². The van der Waals surface area contributed by atoms with Gasteiger partial charge < -0.3 is 16.2 Å². The van der Waals surface area contributed by atoms with E-state index in [1.54, 1.807) is 0 Å². The van der Waals surface area contributed by atoms with Gasteiger partial charge in [-0.25, -0.2) is 0 Å². The Balaban J connectivity index is 1.89. The number of ether oxygens (including phenoxy) is 1. The van der Waals surface area contributed by atoms with Crippen LogP contribution >= 0.6 is 0 Å². The fourth-order valence-corrected chi connectivity index (χ4v) is 1.66. The molecule has 0 aliphatic rings. The summed E-state index contributed by atoms with van der Waals surface area (Å²) in [4.78, 5) is 3.95. The van der Waals surface area contributed by atoms with Gasteiger partial charge in [-0.05, 0) is 25.0 Å². The van der Waals surface area contributed by atoms with Gasteiger partial charge in [-0.3, -0.25) is 4.99 Å². The first-order valence-electron chi connectivity index (χ1n) is 6.52. The van der Waals surface area contributed by atoms with Gasteiger partial charge in [0.1, 0.15) is 5.75 Å². The summed E-state index contributed by atoms with van der Waals surface area (Å²) >= 11 is 0. The van der Waals surface area contributed by atoms with E-state index < -0.39 is 0 Å². The van der Waals surface area contributed by atoms with Crippen LogP contribution in [0.25, 0.3) is 0 Å². The Labute approximate surface area is 109 Å². The summed E-state index contributed by atoms with van der Waals surface area (Å²) in [5.74, 6) is 1.14. The Hall–Kier alpha value is -1.71. The molecule has 1 aromatic rings. The van der Waals surface area contributed by atoms with Crippen molar-refractivity contribution in [3.8, 4) is 5.75 Å². The number of benzene rings is 1. The first-order chi connectivity index (χ1) is 8.79. The highest BCUT2D eigenvalue weighted by Gasteiger charge is 1.93. The zero-order chi connectivity index (χ0) is 13.1. The highest BCUT2D eigenvalue weighted by Crippen LogP contribution is 2.10. The molecular formula is C14H23N3O. The van der Waals surface area contributed by atoms with E-state index in [0.29, 0.717) is 0 Å². The molecule has 0 saturated heterocycles. The zero-order valence-electron chi connectivity index (χ0n) is 10.8. The minimum atomic E-state index is 0.186. The standard InChI is InChI=1S/C14H23N3O/c15-14(16)17-11-7-2-1-3-8-12-18-13-9-5-4-6-10-13/h4-6,9-10H,1-3,7-8,11-12H2,(H4,15,16,17). The second-order valence-electron chi connectivity index (χ2n) is 4.24. The van der Waals surface area contributed by atoms with E-state index in [-0.39, 0.29) is 5.96 Å². The van der Waals surface area contributed by atoms with Crippen LogP contribution in [-0.2, 0) is 0 Å². The van der Waals surface area contributed by atoms with Gasteiger partial charge >= 0.3 is 0 Å². The van der Waals surface area contributed by atoms with E-state index in [1.165, 1.54) is 19.3 Å². The van der Waals surface area contributed by atoms with Crippen LogP contribution in [0.3, 0.4) is 0 Å². The predicted molar refractivity (Wildman–Crippen MR) is 75.7 cm³/mol. The highest BCUT2D eigenvalue weighted by atomic mass is 16.5. The van der Waals surface area contributed by atoms with Gasteiger partial charge in [-0.15, -0.1) is 0 Å². The lowest BCUT2D eigenvalue weighted by atomic mass is 10.1. The molecule has 0 atom stereocenters. The van der Waals surface area contributed by atoms with Crippen LogP contribution in [-0.4, -0.2) is 19.1 Å². The minimum Gasteiger partial charge on any atom is -0.494 e. The van der Waals surface area contributed by atoms with Crippen LogP contribution in [0.5, 0.6) is 5.75 Å². The Morgan fingerprint density at radius 1 is 0.944 bits per heavy atom. The summed E-state index contributed by atoms with van der Waals surface area (Å²) in [5.41, 5.74) is 10.5. The number of para-hydroxylation sites is 1. The molecule has 0 amide bonds. The van der Waals surface area contributed by atoms with Gasteiger partial charge in [0.25, 0.3) is 0 Å². The first-order valence-corrected chi connectivity index (χ1v) is 6.52. The van der Waals surface area contributed by atoms with Crippen molar-refractivity contribution in [3.63, 3.8) is 0 Å². The Morgan fingerprint density at radius 3 is 2.33 bits per heavy atom. The zero-order valence-corrected chi connectivity index (χ0v) is 10.8. The number of hydrogen-bond donors (Lipinski definition) is 2. The maximum absolute atomic E-state index is 5.61. The van der Waals surface area contributed by atoms with E-state index >= 15 is 0 Å². The minimum absolute atomic E-state index is 0.186. The highest BCUT2D eigenvalue weighted by molar-refractivity contribution is 5.75. The number of hydrogen-bond acceptors (Lipinski definition) is 2. The number of guanidine groups is 1. The molecule has 1 rings (SSSR count). The van der Waals surface area contributed by atoms with Gasteiger partial charge in [0.05, 0.1) is 6.61 Å². The first kappa shape index (κ1) is 14.4. The molecule has 0 spiro atoms. The summed E-state index contributed by atoms with van der Waals surface area (Å²) in [5, 5.41) is 0. The molecule has 4 nitrogen and oxygen atoms in total. The predicted octanol–water partition coefficient (Wildman–Crippen LogP) is 2.29. The SMILES string of the molecule is NC(N)=NCCCCCCCOc1ccccc1. The van der Waals surface area contributed by atoms with E-state index in [0.717, 1.165) is 31.7 Å². The summed E-state index contributed by atoms with van der Waals surface area (Å²) < 4.78 is 5.61. The molecule has 18 heavy (non-hydrogen) atoms. The molecule has 0 radical (unpaired) electrons. The van der Waals surface area contributed by atoms with Crippen LogP contribution in [0, 0.1) is 0 Å². The van der Waals surface area contributed by atoms with Crippen LogP contribution in [0.1, 0.15) is 32.1 Å². The third-order valence-electron chi connectivity index (χ3n) is 2.61. The van der Waals surface area contributed by atoms with E-state index in [2.05, 4.69) is 4.99 Å². The van der Waals surface area contributed by atoms with Gasteiger partial charge in [0, 0.05) is 6.54 Å². The summed E-state index contributed by atoms with van der Waals surface area (Å²) in [6.07, 6.45) is 5.71. The summed E-state index contributed by atoms with van der Waals surface area (Å²) in [6.45, 7) is 1.53. The van der Waals surface area contributed by atoms with Crippen molar-refractivity contribution in [2.45, 2.75) is 32.1 Å². The molecule has 1 aromatic carbocycles. The van der Waals surface area contributed by atoms with E-state index in [4.69, 9.17) is 16.2 Å². The molecule has 0 saturated carbocycles. The molecule has 0 aromatic heterocycles. The Kier molecular flexibility index (Phi) is 7.44. The summed E-state index contributed by atoms with van der Waals surface area (Å²) in [6, 6.07) is 9.92. The quantitative estimate of drug-likeness (QED) is 0.400. The largest absolute Gasteiger partial charge is 0.494 e. The molecule has 0 aliphatic carbocycles. The smallest absolute Gasteiger partial charge is 0.185 e. The molecule has 100 valence electrons. The van der Waals surface area contributed by atoms with Crippen molar-refractivity contribution in [3.05, 3.63) is 30.3 Å². The van der Waals surface area contributed by atoms with Crippen LogP contribution in [0.2, 0.25) is 0 Å². The third kappa shape index (κ3) is 7.54. The molecule has 0 heterocycles. The maximum Gasteiger partial charge on any atom is 0.185 e. The summed E-state index contributed by atoms with van der Waals surface area (Å²) in [7, 11) is 0. The van der Waals surface area contributed by atoms with Crippen molar-refractivity contribution in [2.24, 2.45) is 16.5 Å². The fourth-order valence-electron chi connectivity index (χ4n) is 1.66. The second kappa shape index (κ2) is 9.33. The Morgan fingerprint density at radius 2 is 1.61 bits per heavy atom. The monoisotopic (exact) mass is 249 g/mol. The number of nitrogens with zero attached hydrogens (tertiary/aromatic N) is 1. The van der Waals surface area contributed by atoms with Gasteiger partial charge in [0.2, 0.25) is 0 Å². The Bertz CT molecular complexity index is 334. The van der Waals surface area contributed by atoms with Crippen LogP contribution < -0.4 is 16.2 Å². The fraction of sp³-hybridized carbons (Fsp3) is 0.500. The number of unbranched alkanes of at least 4 members (excludes halogenated alkanes) is 4. The van der Waals surface area contributed by atoms with E-state index in [1.807, 2.05) is 30.3 Å². The van der Waals surface area contributed by atoms with Crippen LogP contribution in [0.4, 0.5) is 0 Å². The van der Waals surface area contributed by atoms with Gasteiger partial charge in [-0.2, -0.15) is 0 Å². The van der Waals surface area contributed by atoms with Crippen molar-refractivity contribution >= 4 is 5.96 Å². The van der Waals surface area contributed by atoms with Gasteiger partial charge in [0.15, 0.2) is 5.96 Å². The third-order valence-corrected chi connectivity index (χ3v) is 2.61. The lowest BCUT2D eigenvalue weighted by molar-refractivity contribution is 0.304. The molecule has 4 heteroatoms. The van der Waals surface area contributed by atoms with Crippen molar-refractivity contribution in [1.82, 2.24) is 0 Å². The number of aliphatic imine (C=N–C) groups is 1. The average Bonchev–Trinajstić information content (AvgIpc) is 2.37. The van der Waals surface area contributed by atoms with E-state index in [9.17, 15) is 0 Å².